The zero-order valence-electron chi connectivity index (χ0n) is 11.7. The fourth-order valence-electron chi connectivity index (χ4n) is 2.10. The number of fused-ring (bicyclic) bond motifs is 1. The third-order valence-corrected chi connectivity index (χ3v) is 3.16. The fourth-order valence-corrected chi connectivity index (χ4v) is 2.10. The molecule has 5 heteroatoms. The van der Waals surface area contributed by atoms with E-state index >= 15 is 0 Å². The van der Waals surface area contributed by atoms with Gasteiger partial charge in [-0.05, 0) is 12.5 Å². The van der Waals surface area contributed by atoms with E-state index in [1.54, 1.807) is 29.0 Å². The molecule has 2 aromatic heterocycles. The SMILES string of the molecule is CCCCCC(=O)c1cnn2ccc(OCCO)cc12. The Bertz CT molecular complexity index is 578. The average molecular weight is 276 g/mol. The number of ketones is 1. The maximum atomic E-state index is 12.2. The van der Waals surface area contributed by atoms with Crippen LogP contribution in [0.4, 0.5) is 0 Å². The number of carbonyl (C=O) groups is 1. The molecule has 0 unspecified atom stereocenters. The van der Waals surface area contributed by atoms with Gasteiger partial charge in [-0.3, -0.25) is 4.79 Å². The maximum Gasteiger partial charge on any atom is 0.166 e. The van der Waals surface area contributed by atoms with Crippen LogP contribution in [0.5, 0.6) is 5.75 Å². The van der Waals surface area contributed by atoms with Gasteiger partial charge in [0.2, 0.25) is 0 Å². The first-order valence-electron chi connectivity index (χ1n) is 7.00. The molecule has 0 aliphatic rings. The number of rotatable bonds is 8. The Morgan fingerprint density at radius 3 is 3.05 bits per heavy atom. The molecule has 0 saturated carbocycles. The molecule has 5 nitrogen and oxygen atoms in total. The van der Waals surface area contributed by atoms with E-state index < -0.39 is 0 Å². The van der Waals surface area contributed by atoms with Gasteiger partial charge in [0.1, 0.15) is 12.4 Å². The number of Topliss-reactive ketones (excluding diaryl/α,β-unsaturated/α-hetero) is 1. The van der Waals surface area contributed by atoms with E-state index in [2.05, 4.69) is 12.0 Å². The first-order valence-corrected chi connectivity index (χ1v) is 7.00. The van der Waals surface area contributed by atoms with Gasteiger partial charge in [0.15, 0.2) is 5.78 Å². The van der Waals surface area contributed by atoms with Gasteiger partial charge in [-0.15, -0.1) is 0 Å². The Morgan fingerprint density at radius 1 is 1.45 bits per heavy atom. The summed E-state index contributed by atoms with van der Waals surface area (Å²) < 4.78 is 7.03. The molecule has 0 atom stereocenters. The number of aliphatic hydroxyl groups is 1. The Morgan fingerprint density at radius 2 is 2.30 bits per heavy atom. The van der Waals surface area contributed by atoms with Gasteiger partial charge in [0.05, 0.1) is 23.9 Å². The van der Waals surface area contributed by atoms with Crippen molar-refractivity contribution in [3.05, 3.63) is 30.1 Å². The monoisotopic (exact) mass is 276 g/mol. The first-order chi connectivity index (χ1) is 9.76. The second kappa shape index (κ2) is 7.05. The van der Waals surface area contributed by atoms with Gasteiger partial charge in [-0.1, -0.05) is 19.8 Å². The number of aromatic nitrogens is 2. The van der Waals surface area contributed by atoms with E-state index in [-0.39, 0.29) is 19.0 Å². The van der Waals surface area contributed by atoms with Crippen molar-refractivity contribution in [2.45, 2.75) is 32.6 Å². The Hall–Kier alpha value is -1.88. The largest absolute Gasteiger partial charge is 0.491 e. The minimum atomic E-state index is -0.0345. The lowest BCUT2D eigenvalue weighted by molar-refractivity contribution is 0.0981. The van der Waals surface area contributed by atoms with Gasteiger partial charge in [-0.2, -0.15) is 5.10 Å². The molecule has 2 aromatic rings. The normalized spacial score (nSPS) is 10.9. The van der Waals surface area contributed by atoms with E-state index in [0.29, 0.717) is 17.7 Å². The summed E-state index contributed by atoms with van der Waals surface area (Å²) in [6.45, 7) is 2.32. The van der Waals surface area contributed by atoms with E-state index in [1.165, 1.54) is 0 Å². The van der Waals surface area contributed by atoms with E-state index in [4.69, 9.17) is 9.84 Å². The predicted octanol–water partition coefficient (Wildman–Crippen LogP) is 2.47. The first kappa shape index (κ1) is 14.5. The molecule has 108 valence electrons. The molecule has 0 radical (unpaired) electrons. The number of hydrogen-bond donors (Lipinski definition) is 1. The molecule has 20 heavy (non-hydrogen) atoms. The summed E-state index contributed by atoms with van der Waals surface area (Å²) >= 11 is 0. The molecular weight excluding hydrogens is 256 g/mol. The fraction of sp³-hybridized carbons (Fsp3) is 0.467. The molecule has 0 aliphatic carbocycles. The molecule has 0 bridgehead atoms. The standard InChI is InChI=1S/C15H20N2O3/c1-2-3-4-5-15(19)13-11-16-17-7-6-12(10-14(13)17)20-9-8-18/h6-7,10-11,18H,2-5,8-9H2,1H3. The van der Waals surface area contributed by atoms with Crippen molar-refractivity contribution >= 4 is 11.3 Å². The van der Waals surface area contributed by atoms with Crippen LogP contribution in [-0.2, 0) is 0 Å². The third-order valence-electron chi connectivity index (χ3n) is 3.16. The minimum absolute atomic E-state index is 0.0345. The highest BCUT2D eigenvalue weighted by molar-refractivity contribution is 6.02. The Balaban J connectivity index is 2.18. The number of ether oxygens (including phenoxy) is 1. The average Bonchev–Trinajstić information content (AvgIpc) is 2.88. The lowest BCUT2D eigenvalue weighted by atomic mass is 10.1. The highest BCUT2D eigenvalue weighted by atomic mass is 16.5. The van der Waals surface area contributed by atoms with Crippen molar-refractivity contribution in [1.82, 2.24) is 9.61 Å². The van der Waals surface area contributed by atoms with Crippen LogP contribution in [0.25, 0.3) is 5.52 Å². The molecule has 0 fully saturated rings. The minimum Gasteiger partial charge on any atom is -0.491 e. The summed E-state index contributed by atoms with van der Waals surface area (Å²) in [5, 5.41) is 12.9. The number of aliphatic hydroxyl groups excluding tert-OH is 1. The van der Waals surface area contributed by atoms with Crippen molar-refractivity contribution in [1.29, 1.82) is 0 Å². The Labute approximate surface area is 118 Å². The van der Waals surface area contributed by atoms with E-state index in [0.717, 1.165) is 24.8 Å². The molecule has 2 rings (SSSR count). The predicted molar refractivity (Wildman–Crippen MR) is 76.2 cm³/mol. The highest BCUT2D eigenvalue weighted by Crippen LogP contribution is 2.19. The van der Waals surface area contributed by atoms with Crippen LogP contribution < -0.4 is 4.74 Å². The maximum absolute atomic E-state index is 12.2. The smallest absolute Gasteiger partial charge is 0.166 e. The second-order valence-corrected chi connectivity index (χ2v) is 4.70. The van der Waals surface area contributed by atoms with Crippen LogP contribution >= 0.6 is 0 Å². The summed E-state index contributed by atoms with van der Waals surface area (Å²) in [5.74, 6) is 0.752. The Kier molecular flexibility index (Phi) is 5.12. The molecular formula is C15H20N2O3. The van der Waals surface area contributed by atoms with Gasteiger partial charge in [-0.25, -0.2) is 4.52 Å². The highest BCUT2D eigenvalue weighted by Gasteiger charge is 2.13. The number of nitrogens with zero attached hydrogens (tertiary/aromatic N) is 2. The van der Waals surface area contributed by atoms with Gasteiger partial charge in [0.25, 0.3) is 0 Å². The molecule has 2 heterocycles. The lowest BCUT2D eigenvalue weighted by Crippen LogP contribution is -2.03. The van der Waals surface area contributed by atoms with Crippen molar-refractivity contribution in [2.24, 2.45) is 0 Å². The van der Waals surface area contributed by atoms with Crippen LogP contribution in [0.3, 0.4) is 0 Å². The van der Waals surface area contributed by atoms with Crippen molar-refractivity contribution in [2.75, 3.05) is 13.2 Å². The second-order valence-electron chi connectivity index (χ2n) is 4.70. The van der Waals surface area contributed by atoms with Gasteiger partial charge in [0, 0.05) is 18.7 Å². The van der Waals surface area contributed by atoms with E-state index in [1.807, 2.05) is 0 Å². The van der Waals surface area contributed by atoms with Crippen LogP contribution in [0, 0.1) is 0 Å². The van der Waals surface area contributed by atoms with Crippen molar-refractivity contribution < 1.29 is 14.6 Å². The number of unbranched alkanes of at least 4 members (excludes halogenated alkanes) is 2. The van der Waals surface area contributed by atoms with Crippen LogP contribution in [-0.4, -0.2) is 33.7 Å². The number of carbonyl (C=O) groups excluding carboxylic acids is 1. The van der Waals surface area contributed by atoms with E-state index in [9.17, 15) is 4.79 Å². The van der Waals surface area contributed by atoms with Crippen LogP contribution in [0.2, 0.25) is 0 Å². The van der Waals surface area contributed by atoms with Crippen LogP contribution in [0.15, 0.2) is 24.5 Å². The molecule has 0 saturated heterocycles. The molecule has 0 amide bonds. The summed E-state index contributed by atoms with van der Waals surface area (Å²) in [6.07, 6.45) is 6.99. The lowest BCUT2D eigenvalue weighted by Gasteiger charge is -2.05. The summed E-state index contributed by atoms with van der Waals surface area (Å²) in [6, 6.07) is 3.55. The molecule has 1 N–H and O–H groups in total. The summed E-state index contributed by atoms with van der Waals surface area (Å²) in [4.78, 5) is 12.2. The quantitative estimate of drug-likeness (QED) is 0.594. The summed E-state index contributed by atoms with van der Waals surface area (Å²) in [7, 11) is 0. The van der Waals surface area contributed by atoms with Gasteiger partial charge >= 0.3 is 0 Å². The third kappa shape index (κ3) is 3.36. The zero-order valence-corrected chi connectivity index (χ0v) is 11.7. The number of hydrogen-bond acceptors (Lipinski definition) is 4. The molecule has 0 aliphatic heterocycles. The zero-order chi connectivity index (χ0) is 14.4. The van der Waals surface area contributed by atoms with Gasteiger partial charge < -0.3 is 9.84 Å². The number of pyridine rings is 1. The molecule has 0 aromatic carbocycles. The molecule has 0 spiro atoms. The van der Waals surface area contributed by atoms with Crippen molar-refractivity contribution in [3.8, 4) is 5.75 Å². The topological polar surface area (TPSA) is 63.8 Å². The van der Waals surface area contributed by atoms with Crippen molar-refractivity contribution in [3.63, 3.8) is 0 Å². The van der Waals surface area contributed by atoms with Crippen LogP contribution in [0.1, 0.15) is 43.0 Å². The summed E-state index contributed by atoms with van der Waals surface area (Å²) in [5.41, 5.74) is 1.39.